The number of carbonyl (C=O) groups is 1. The number of hydrogen-bond donors (Lipinski definition) is 3. The van der Waals surface area contributed by atoms with Crippen molar-refractivity contribution in [2.75, 3.05) is 5.32 Å². The number of halogens is 26. The average Bonchev–Trinajstić information content (AvgIpc) is 2.89. The molecule has 4 nitrogen and oxygen atoms in total. The van der Waals surface area contributed by atoms with Crippen molar-refractivity contribution in [1.29, 1.82) is 0 Å². The van der Waals surface area contributed by atoms with Crippen molar-refractivity contribution in [2.24, 2.45) is 0 Å². The van der Waals surface area contributed by atoms with Crippen molar-refractivity contribution in [3.05, 3.63) is 23.3 Å². The Kier molecular flexibility index (Phi) is 11.0. The largest absolute Gasteiger partial charge is 0.489 e. The third-order valence-electron chi connectivity index (χ3n) is 6.33. The number of alkyl halides is 26. The van der Waals surface area contributed by atoms with Gasteiger partial charge in [0.25, 0.3) is 0 Å². The minimum Gasteiger partial charge on any atom is -0.423 e. The standard InChI is InChI=1S/C20H8BF26NO3/c1-4(49)48-6-3-2-5(9(22,23)11(26,27)13(30,31)15(34,35)17(38,39)19(42,43)44)8(21(50)51)7(6)10(24,25)12(28,29)14(32,33)16(36,37)18(40,41)20(45,46)47/h2-3,50-51H,1H3,(H,48,49). The molecule has 0 aromatic heterocycles. The summed E-state index contributed by atoms with van der Waals surface area (Å²) in [7, 11) is -4.90. The van der Waals surface area contributed by atoms with Crippen molar-refractivity contribution in [3.63, 3.8) is 0 Å². The van der Waals surface area contributed by atoms with E-state index in [0.29, 0.717) is 5.32 Å². The van der Waals surface area contributed by atoms with Crippen LogP contribution in [0.15, 0.2) is 12.1 Å². The molecule has 0 aliphatic rings. The van der Waals surface area contributed by atoms with Crippen LogP contribution in [0.4, 0.5) is 120 Å². The summed E-state index contributed by atoms with van der Waals surface area (Å²) in [6.07, 6.45) is -16.1. The SMILES string of the molecule is CC(=O)Nc1ccc(C(F)(F)C(F)(F)C(F)(F)C(F)(F)C(F)(F)C(F)(F)F)c(B(O)O)c1C(F)(F)C(F)(F)C(F)(F)C(F)(F)C(F)(F)C(F)(F)F. The van der Waals surface area contributed by atoms with E-state index in [0.717, 1.165) is 0 Å². The number of carbonyl (C=O) groups excluding carboxylic acids is 1. The Morgan fingerprint density at radius 2 is 0.784 bits per heavy atom. The zero-order valence-corrected chi connectivity index (χ0v) is 22.9. The van der Waals surface area contributed by atoms with E-state index in [4.69, 9.17) is 0 Å². The first-order valence-electron chi connectivity index (χ1n) is 11.6. The molecule has 0 bridgehead atoms. The topological polar surface area (TPSA) is 69.6 Å². The summed E-state index contributed by atoms with van der Waals surface area (Å²) in [5, 5.41) is 19.2. The summed E-state index contributed by atoms with van der Waals surface area (Å²) in [5.41, 5.74) is -15.0. The molecular formula is C20H8BF26NO3. The van der Waals surface area contributed by atoms with Crippen molar-refractivity contribution in [1.82, 2.24) is 0 Å². The van der Waals surface area contributed by atoms with E-state index in [2.05, 4.69) is 0 Å². The van der Waals surface area contributed by atoms with Gasteiger partial charge in [0.05, 0.1) is 5.56 Å². The molecule has 1 rings (SSSR count). The molecule has 3 N–H and O–H groups in total. The molecule has 0 spiro atoms. The molecule has 1 aromatic carbocycles. The number of hydrogen-bond acceptors (Lipinski definition) is 3. The highest BCUT2D eigenvalue weighted by Crippen LogP contribution is 2.64. The lowest BCUT2D eigenvalue weighted by molar-refractivity contribution is -0.442. The van der Waals surface area contributed by atoms with Gasteiger partial charge < -0.3 is 15.4 Å². The Morgan fingerprint density at radius 3 is 1.06 bits per heavy atom. The van der Waals surface area contributed by atoms with E-state index < -0.39 is 119 Å². The average molecular weight is 815 g/mol. The zero-order chi connectivity index (χ0) is 41.6. The first-order valence-corrected chi connectivity index (χ1v) is 11.6. The highest BCUT2D eigenvalue weighted by molar-refractivity contribution is 6.60. The van der Waals surface area contributed by atoms with Crippen LogP contribution in [0, 0.1) is 0 Å². The molecule has 31 heteroatoms. The van der Waals surface area contributed by atoms with Gasteiger partial charge in [0.1, 0.15) is 0 Å². The summed E-state index contributed by atoms with van der Waals surface area (Å²) in [4.78, 5) is 11.3. The third-order valence-corrected chi connectivity index (χ3v) is 6.33. The van der Waals surface area contributed by atoms with Gasteiger partial charge >= 0.3 is 78.7 Å². The van der Waals surface area contributed by atoms with Crippen molar-refractivity contribution >= 4 is 24.2 Å². The summed E-state index contributed by atoms with van der Waals surface area (Å²) in [6.45, 7) is -0.0120. The lowest BCUT2D eigenvalue weighted by atomic mass is 9.68. The van der Waals surface area contributed by atoms with Crippen LogP contribution < -0.4 is 10.8 Å². The van der Waals surface area contributed by atoms with Crippen LogP contribution in [0.2, 0.25) is 0 Å². The quantitative estimate of drug-likeness (QED) is 0.150. The zero-order valence-electron chi connectivity index (χ0n) is 22.9. The predicted molar refractivity (Wildman–Crippen MR) is 110 cm³/mol. The maximum absolute atomic E-state index is 15.2. The van der Waals surface area contributed by atoms with Crippen LogP contribution in [-0.2, 0) is 16.6 Å². The monoisotopic (exact) mass is 815 g/mol. The summed E-state index contributed by atoms with van der Waals surface area (Å²) < 4.78 is 356. The predicted octanol–water partition coefficient (Wildman–Crippen LogP) is 7.72. The van der Waals surface area contributed by atoms with Crippen LogP contribution >= 0.6 is 0 Å². The number of nitrogens with one attached hydrogen (secondary N) is 1. The maximum atomic E-state index is 15.2. The second-order valence-corrected chi connectivity index (χ2v) is 9.74. The summed E-state index contributed by atoms with van der Waals surface area (Å²) >= 11 is 0. The van der Waals surface area contributed by atoms with E-state index in [-0.39, 0.29) is 6.92 Å². The second-order valence-electron chi connectivity index (χ2n) is 9.74. The third kappa shape index (κ3) is 6.15. The van der Waals surface area contributed by atoms with Gasteiger partial charge in [-0.2, -0.15) is 114 Å². The van der Waals surface area contributed by atoms with E-state index in [1.807, 2.05) is 0 Å². The molecule has 0 unspecified atom stereocenters. The molecule has 0 heterocycles. The van der Waals surface area contributed by atoms with Gasteiger partial charge in [0.15, 0.2) is 0 Å². The molecule has 0 aliphatic heterocycles. The molecule has 0 saturated carbocycles. The lowest BCUT2D eigenvalue weighted by Crippen LogP contribution is -2.70. The van der Waals surface area contributed by atoms with Crippen molar-refractivity contribution < 1.29 is 129 Å². The van der Waals surface area contributed by atoms with Crippen molar-refractivity contribution in [2.45, 2.75) is 78.5 Å². The fourth-order valence-corrected chi connectivity index (χ4v) is 3.66. The first kappa shape index (κ1) is 45.9. The fraction of sp³-hybridized carbons (Fsp3) is 0.650. The summed E-state index contributed by atoms with van der Waals surface area (Å²) in [6, 6.07) is -2.49. The summed E-state index contributed by atoms with van der Waals surface area (Å²) in [5.74, 6) is -87.9. The molecule has 0 fully saturated rings. The van der Waals surface area contributed by atoms with E-state index in [1.165, 1.54) is 0 Å². The number of anilines is 1. The van der Waals surface area contributed by atoms with Crippen LogP contribution in [0.1, 0.15) is 18.1 Å². The minimum absolute atomic E-state index is 0.0120. The number of amides is 1. The fourth-order valence-electron chi connectivity index (χ4n) is 3.66. The van der Waals surface area contributed by atoms with Gasteiger partial charge in [0.2, 0.25) is 5.91 Å². The first-order chi connectivity index (χ1) is 21.9. The van der Waals surface area contributed by atoms with Gasteiger partial charge in [-0.1, -0.05) is 6.07 Å². The molecular weight excluding hydrogens is 807 g/mol. The van der Waals surface area contributed by atoms with E-state index in [9.17, 15) is 120 Å². The molecule has 51 heavy (non-hydrogen) atoms. The molecule has 296 valence electrons. The molecule has 1 aromatic rings. The van der Waals surface area contributed by atoms with Crippen LogP contribution in [0.3, 0.4) is 0 Å². The van der Waals surface area contributed by atoms with Crippen LogP contribution in [0.5, 0.6) is 0 Å². The molecule has 1 amide bonds. The molecule has 0 saturated heterocycles. The van der Waals surface area contributed by atoms with E-state index in [1.54, 1.807) is 0 Å². The Hall–Kier alpha value is -3.15. The van der Waals surface area contributed by atoms with Gasteiger partial charge in [-0.15, -0.1) is 0 Å². The number of benzene rings is 1. The normalized spacial score (nSPS) is 15.6. The Balaban J connectivity index is 4.50. The minimum atomic E-state index is -8.91. The smallest absolute Gasteiger partial charge is 0.423 e. The van der Waals surface area contributed by atoms with Gasteiger partial charge in [-0.3, -0.25) is 4.79 Å². The van der Waals surface area contributed by atoms with Gasteiger partial charge in [0, 0.05) is 23.6 Å². The molecule has 0 radical (unpaired) electrons. The Morgan fingerprint density at radius 1 is 0.490 bits per heavy atom. The van der Waals surface area contributed by atoms with Gasteiger partial charge in [-0.05, 0) is 6.07 Å². The van der Waals surface area contributed by atoms with Crippen LogP contribution in [0.25, 0.3) is 0 Å². The van der Waals surface area contributed by atoms with Gasteiger partial charge in [-0.25, -0.2) is 0 Å². The molecule has 0 atom stereocenters. The highest BCUT2D eigenvalue weighted by Gasteiger charge is 2.93. The maximum Gasteiger partial charge on any atom is 0.489 e. The van der Waals surface area contributed by atoms with E-state index >= 15 is 8.78 Å². The van der Waals surface area contributed by atoms with Crippen molar-refractivity contribution in [3.8, 4) is 0 Å². The highest BCUT2D eigenvalue weighted by atomic mass is 19.4. The Bertz CT molecular complexity index is 1480. The lowest BCUT2D eigenvalue weighted by Gasteiger charge is -2.42. The number of rotatable bonds is 12. The second kappa shape index (κ2) is 12.2. The Labute approximate surface area is 261 Å². The van der Waals surface area contributed by atoms with Crippen LogP contribution in [-0.4, -0.2) is 82.8 Å². The molecule has 0 aliphatic carbocycles.